The van der Waals surface area contributed by atoms with Crippen molar-refractivity contribution >= 4 is 5.96 Å². The lowest BCUT2D eigenvalue weighted by atomic mass is 9.97. The second kappa shape index (κ2) is 10.0. The fourth-order valence-corrected chi connectivity index (χ4v) is 3.90. The highest BCUT2D eigenvalue weighted by Gasteiger charge is 2.22. The molecule has 0 aliphatic carbocycles. The van der Waals surface area contributed by atoms with Crippen molar-refractivity contribution in [2.45, 2.75) is 52.1 Å². The number of nitrogens with zero attached hydrogens (tertiary/aromatic N) is 5. The van der Waals surface area contributed by atoms with Crippen molar-refractivity contribution in [1.82, 2.24) is 30.3 Å². The quantitative estimate of drug-likeness (QED) is 0.541. The Morgan fingerprint density at radius 3 is 2.85 bits per heavy atom. The Labute approximate surface area is 162 Å². The van der Waals surface area contributed by atoms with Crippen molar-refractivity contribution < 1.29 is 4.74 Å². The van der Waals surface area contributed by atoms with E-state index in [2.05, 4.69) is 32.5 Å². The van der Waals surface area contributed by atoms with E-state index >= 15 is 0 Å². The lowest BCUT2D eigenvalue weighted by Crippen LogP contribution is -2.47. The number of hydrogen-bond donors (Lipinski definition) is 2. The van der Waals surface area contributed by atoms with Crippen LogP contribution in [0, 0.1) is 12.8 Å². The predicted octanol–water partition coefficient (Wildman–Crippen LogP) is 0.815. The molecule has 1 unspecified atom stereocenters. The highest BCUT2D eigenvalue weighted by molar-refractivity contribution is 5.80. The Morgan fingerprint density at radius 2 is 2.11 bits per heavy atom. The Kier molecular flexibility index (Phi) is 7.46. The summed E-state index contributed by atoms with van der Waals surface area (Å²) in [6.07, 6.45) is 4.48. The number of ether oxygens (including phenoxy) is 1. The highest BCUT2D eigenvalue weighted by atomic mass is 16.5. The minimum atomic E-state index is 0.354. The van der Waals surface area contributed by atoms with E-state index in [1.165, 1.54) is 12.8 Å². The van der Waals surface area contributed by atoms with Gasteiger partial charge in [0.25, 0.3) is 0 Å². The lowest BCUT2D eigenvalue weighted by Gasteiger charge is -2.31. The Morgan fingerprint density at radius 1 is 1.30 bits per heavy atom. The molecule has 152 valence electrons. The van der Waals surface area contributed by atoms with Gasteiger partial charge in [-0.3, -0.25) is 4.99 Å². The van der Waals surface area contributed by atoms with Gasteiger partial charge in [0, 0.05) is 39.2 Å². The van der Waals surface area contributed by atoms with Gasteiger partial charge < -0.3 is 20.3 Å². The molecule has 0 amide bonds. The van der Waals surface area contributed by atoms with Crippen LogP contribution >= 0.6 is 0 Å². The van der Waals surface area contributed by atoms with Crippen LogP contribution in [0.5, 0.6) is 0 Å². The van der Waals surface area contributed by atoms with E-state index < -0.39 is 0 Å². The van der Waals surface area contributed by atoms with Crippen molar-refractivity contribution in [2.24, 2.45) is 10.9 Å². The SMILES string of the molecule is CCNC(=NCC1CCN(CCOC)CC1)NC1CCc2nc(C)nn2C1. The molecule has 3 heterocycles. The molecule has 0 radical (unpaired) electrons. The Balaban J connectivity index is 1.47. The van der Waals surface area contributed by atoms with Crippen LogP contribution in [0.1, 0.15) is 37.8 Å². The molecular weight excluding hydrogens is 342 g/mol. The summed E-state index contributed by atoms with van der Waals surface area (Å²) >= 11 is 0. The fourth-order valence-electron chi connectivity index (χ4n) is 3.90. The van der Waals surface area contributed by atoms with E-state index in [-0.39, 0.29) is 0 Å². The maximum absolute atomic E-state index is 5.18. The molecule has 3 rings (SSSR count). The van der Waals surface area contributed by atoms with Crippen molar-refractivity contribution in [1.29, 1.82) is 0 Å². The third kappa shape index (κ3) is 5.90. The standard InChI is InChI=1S/C19H35N7O/c1-4-20-19(21-13-16-7-9-25(10-8-16)11-12-27-3)23-17-5-6-18-22-15(2)24-26(18)14-17/h16-17H,4-14H2,1-3H3,(H2,20,21,23). The van der Waals surface area contributed by atoms with Crippen LogP contribution in [0.4, 0.5) is 0 Å². The summed E-state index contributed by atoms with van der Waals surface area (Å²) in [5, 5.41) is 11.5. The van der Waals surface area contributed by atoms with E-state index in [0.29, 0.717) is 12.0 Å². The molecular formula is C19H35N7O. The van der Waals surface area contributed by atoms with Gasteiger partial charge in [-0.15, -0.1) is 0 Å². The molecule has 0 aromatic carbocycles. The summed E-state index contributed by atoms with van der Waals surface area (Å²) in [7, 11) is 1.77. The van der Waals surface area contributed by atoms with Gasteiger partial charge in [-0.1, -0.05) is 0 Å². The monoisotopic (exact) mass is 377 g/mol. The van der Waals surface area contributed by atoms with Crippen molar-refractivity contribution in [3.8, 4) is 0 Å². The van der Waals surface area contributed by atoms with Gasteiger partial charge in [0.1, 0.15) is 11.6 Å². The van der Waals surface area contributed by atoms with Crippen LogP contribution in [-0.4, -0.2) is 78.1 Å². The van der Waals surface area contributed by atoms with Crippen LogP contribution < -0.4 is 10.6 Å². The Bertz CT molecular complexity index is 607. The third-order valence-corrected chi connectivity index (χ3v) is 5.48. The average Bonchev–Trinajstić information content (AvgIpc) is 3.05. The summed E-state index contributed by atoms with van der Waals surface area (Å²) < 4.78 is 7.22. The van der Waals surface area contributed by atoms with Gasteiger partial charge in [0.2, 0.25) is 0 Å². The largest absolute Gasteiger partial charge is 0.383 e. The first-order valence-electron chi connectivity index (χ1n) is 10.3. The van der Waals surface area contributed by atoms with Crippen molar-refractivity contribution in [3.63, 3.8) is 0 Å². The van der Waals surface area contributed by atoms with E-state index in [9.17, 15) is 0 Å². The van der Waals surface area contributed by atoms with Gasteiger partial charge in [-0.25, -0.2) is 9.67 Å². The van der Waals surface area contributed by atoms with Gasteiger partial charge >= 0.3 is 0 Å². The minimum Gasteiger partial charge on any atom is -0.383 e. The topological polar surface area (TPSA) is 79.6 Å². The molecule has 1 saturated heterocycles. The summed E-state index contributed by atoms with van der Waals surface area (Å²) in [5.74, 6) is 3.58. The molecule has 0 bridgehead atoms. The van der Waals surface area contributed by atoms with Crippen LogP contribution in [-0.2, 0) is 17.7 Å². The summed E-state index contributed by atoms with van der Waals surface area (Å²) in [6.45, 7) is 10.9. The molecule has 27 heavy (non-hydrogen) atoms. The van der Waals surface area contributed by atoms with Gasteiger partial charge in [0.15, 0.2) is 5.96 Å². The van der Waals surface area contributed by atoms with Crippen molar-refractivity contribution in [2.75, 3.05) is 46.4 Å². The second-order valence-corrected chi connectivity index (χ2v) is 7.63. The molecule has 2 aliphatic heterocycles. The number of hydrogen-bond acceptors (Lipinski definition) is 5. The zero-order chi connectivity index (χ0) is 19.1. The number of piperidine rings is 1. The van der Waals surface area contributed by atoms with Crippen LogP contribution in [0.15, 0.2) is 4.99 Å². The minimum absolute atomic E-state index is 0.354. The smallest absolute Gasteiger partial charge is 0.191 e. The molecule has 1 aromatic rings. The molecule has 0 saturated carbocycles. The maximum Gasteiger partial charge on any atom is 0.191 e. The molecule has 1 aromatic heterocycles. The zero-order valence-electron chi connectivity index (χ0n) is 17.1. The number of guanidine groups is 1. The number of aryl methyl sites for hydroxylation is 2. The molecule has 1 fully saturated rings. The molecule has 2 aliphatic rings. The number of likely N-dealkylation sites (tertiary alicyclic amines) is 1. The van der Waals surface area contributed by atoms with Crippen molar-refractivity contribution in [3.05, 3.63) is 11.6 Å². The molecule has 0 spiro atoms. The van der Waals surface area contributed by atoms with Crippen LogP contribution in [0.3, 0.4) is 0 Å². The fraction of sp³-hybridized carbons (Fsp3) is 0.842. The second-order valence-electron chi connectivity index (χ2n) is 7.63. The maximum atomic E-state index is 5.18. The molecule has 2 N–H and O–H groups in total. The summed E-state index contributed by atoms with van der Waals surface area (Å²) in [5.41, 5.74) is 0. The van der Waals surface area contributed by atoms with Crippen LogP contribution in [0.25, 0.3) is 0 Å². The van der Waals surface area contributed by atoms with Gasteiger partial charge in [-0.05, 0) is 52.1 Å². The molecule has 8 nitrogen and oxygen atoms in total. The van der Waals surface area contributed by atoms with E-state index in [1.807, 2.05) is 11.6 Å². The number of rotatable bonds is 7. The summed E-state index contributed by atoms with van der Waals surface area (Å²) in [6, 6.07) is 0.354. The Hall–Kier alpha value is -1.67. The van der Waals surface area contributed by atoms with Crippen LogP contribution in [0.2, 0.25) is 0 Å². The number of fused-ring (bicyclic) bond motifs is 1. The first kappa shape index (κ1) is 20.1. The third-order valence-electron chi connectivity index (χ3n) is 5.48. The first-order valence-corrected chi connectivity index (χ1v) is 10.3. The van der Waals surface area contributed by atoms with Gasteiger partial charge in [0.05, 0.1) is 13.2 Å². The lowest BCUT2D eigenvalue weighted by molar-refractivity contribution is 0.121. The normalized spacial score (nSPS) is 21.9. The highest BCUT2D eigenvalue weighted by Crippen LogP contribution is 2.17. The number of nitrogens with one attached hydrogen (secondary N) is 2. The zero-order valence-corrected chi connectivity index (χ0v) is 17.1. The molecule has 1 atom stereocenters. The number of aliphatic imine (C=N–C) groups is 1. The van der Waals surface area contributed by atoms with E-state index in [4.69, 9.17) is 9.73 Å². The summed E-state index contributed by atoms with van der Waals surface area (Å²) in [4.78, 5) is 11.9. The molecule has 8 heteroatoms. The first-order chi connectivity index (χ1) is 13.2. The van der Waals surface area contributed by atoms with E-state index in [0.717, 1.165) is 76.3 Å². The predicted molar refractivity (Wildman–Crippen MR) is 107 cm³/mol. The van der Waals surface area contributed by atoms with Gasteiger partial charge in [-0.2, -0.15) is 5.10 Å². The average molecular weight is 378 g/mol. The van der Waals surface area contributed by atoms with E-state index in [1.54, 1.807) is 7.11 Å². The number of aromatic nitrogens is 3. The number of methoxy groups -OCH3 is 1.